The third-order valence-corrected chi connectivity index (χ3v) is 11.2. The van der Waals surface area contributed by atoms with E-state index in [2.05, 4.69) is 55.7 Å². The number of carbonyl (C=O) groups is 7. The van der Waals surface area contributed by atoms with Crippen LogP contribution in [0.1, 0.15) is 142 Å². The molecule has 0 spiro atoms. The van der Waals surface area contributed by atoms with Crippen molar-refractivity contribution in [2.45, 2.75) is 186 Å². The van der Waals surface area contributed by atoms with Crippen LogP contribution in [-0.4, -0.2) is 108 Å². The van der Waals surface area contributed by atoms with Gasteiger partial charge >= 0.3 is 5.97 Å². The van der Waals surface area contributed by atoms with E-state index in [1.54, 1.807) is 31.2 Å². The highest BCUT2D eigenvalue weighted by molar-refractivity contribution is 5.96. The van der Waals surface area contributed by atoms with E-state index in [4.69, 9.17) is 17.2 Å². The highest BCUT2D eigenvalue weighted by atomic mass is 19.3. The molecule has 0 heterocycles. The Morgan fingerprint density at radius 1 is 0.552 bits per heavy atom. The summed E-state index contributed by atoms with van der Waals surface area (Å²) in [7, 11) is 0. The lowest BCUT2D eigenvalue weighted by Crippen LogP contribution is -2.58. The first-order valence-corrected chi connectivity index (χ1v) is 24.0. The second kappa shape index (κ2) is 34.9. The van der Waals surface area contributed by atoms with Gasteiger partial charge in [0.1, 0.15) is 42.0 Å². The quantitative estimate of drug-likeness (QED) is 0.0428. The highest BCUT2D eigenvalue weighted by Gasteiger charge is 2.31. The fourth-order valence-electron chi connectivity index (χ4n) is 7.05. The second-order valence-corrected chi connectivity index (χ2v) is 17.1. The van der Waals surface area contributed by atoms with Crippen LogP contribution in [0.2, 0.25) is 0 Å². The van der Waals surface area contributed by atoms with Gasteiger partial charge in [-0.3, -0.25) is 33.7 Å². The fraction of sp³-hybridized carbons (Fsp3) is 0.681. The van der Waals surface area contributed by atoms with Gasteiger partial charge in [-0.2, -0.15) is 0 Å². The first-order chi connectivity index (χ1) is 32.0. The fourth-order valence-corrected chi connectivity index (χ4v) is 7.05. The number of halogens is 1. The van der Waals surface area contributed by atoms with Crippen molar-refractivity contribution in [2.24, 2.45) is 17.2 Å². The molecule has 6 amide bonds. The van der Waals surface area contributed by atoms with Crippen molar-refractivity contribution in [1.29, 1.82) is 0 Å². The monoisotopic (exact) mass is 949 g/mol. The first kappa shape index (κ1) is 59.7. The predicted octanol–water partition coefficient (Wildman–Crippen LogP) is 2.33. The summed E-state index contributed by atoms with van der Waals surface area (Å²) in [6.45, 7) is 11.5. The Hall–Kier alpha value is -5.34. The van der Waals surface area contributed by atoms with Gasteiger partial charge in [0, 0.05) is 16.6 Å². The molecule has 0 aliphatic carbocycles. The minimum Gasteiger partial charge on any atom is -0.508 e. The summed E-state index contributed by atoms with van der Waals surface area (Å²) in [5.41, 5.74) is 18.2. The van der Waals surface area contributed by atoms with E-state index in [9.17, 15) is 43.2 Å². The molecule has 7 atom stereocenters. The maximum Gasteiger partial charge on any atom is 0.370 e. The van der Waals surface area contributed by atoms with Gasteiger partial charge in [-0.15, -0.1) is 0 Å². The molecule has 380 valence electrons. The maximum atomic E-state index is 13.8. The van der Waals surface area contributed by atoms with Crippen LogP contribution in [0.4, 0.5) is 4.53 Å². The summed E-state index contributed by atoms with van der Waals surface area (Å²) in [6, 6.07) is -0.935. The largest absolute Gasteiger partial charge is 0.508 e. The van der Waals surface area contributed by atoms with E-state index in [1.807, 2.05) is 0 Å². The Balaban J connectivity index is 3.11. The van der Waals surface area contributed by atoms with Crippen molar-refractivity contribution in [1.82, 2.24) is 37.2 Å². The molecule has 67 heavy (non-hydrogen) atoms. The van der Waals surface area contributed by atoms with Crippen molar-refractivity contribution in [3.05, 3.63) is 42.1 Å². The van der Waals surface area contributed by atoms with Gasteiger partial charge in [-0.25, -0.2) is 4.79 Å². The molecule has 0 saturated heterocycles. The molecule has 14 N–H and O–H groups in total. The second-order valence-electron chi connectivity index (χ2n) is 17.1. The van der Waals surface area contributed by atoms with Crippen LogP contribution >= 0.6 is 0 Å². The highest BCUT2D eigenvalue weighted by Crippen LogP contribution is 2.15. The molecule has 1 aromatic rings. The molecule has 0 radical (unpaired) electrons. The molecule has 0 saturated carbocycles. The van der Waals surface area contributed by atoms with Crippen molar-refractivity contribution >= 4 is 41.4 Å². The number of unbranched alkanes of at least 4 members (excludes halogenated alkanes) is 9. The van der Waals surface area contributed by atoms with Crippen LogP contribution < -0.4 is 54.4 Å². The average molecular weight is 949 g/mol. The molecule has 1 rings (SSSR count). The molecule has 0 bridgehead atoms. The zero-order valence-corrected chi connectivity index (χ0v) is 40.2. The Bertz CT molecular complexity index is 1670. The van der Waals surface area contributed by atoms with E-state index in [0.717, 1.165) is 37.7 Å². The van der Waals surface area contributed by atoms with Gasteiger partial charge in [-0.1, -0.05) is 64.2 Å². The summed E-state index contributed by atoms with van der Waals surface area (Å²) in [6.07, 6.45) is 11.4. The van der Waals surface area contributed by atoms with Crippen LogP contribution in [0, 0.1) is 0 Å². The number of aromatic hydroxyl groups is 1. The van der Waals surface area contributed by atoms with Gasteiger partial charge in [0.15, 0.2) is 0 Å². The van der Waals surface area contributed by atoms with E-state index in [-0.39, 0.29) is 30.9 Å². The Kier molecular flexibility index (Phi) is 31.1. The van der Waals surface area contributed by atoms with Crippen LogP contribution in [0.15, 0.2) is 36.5 Å². The summed E-state index contributed by atoms with van der Waals surface area (Å²) in [5.74, 6) is -4.83. The van der Waals surface area contributed by atoms with E-state index in [0.29, 0.717) is 76.7 Å². The number of rotatable bonds is 37. The number of carbonyl (C=O) groups excluding carboxylic acids is 7. The first-order valence-electron chi connectivity index (χ1n) is 24.0. The lowest BCUT2D eigenvalue weighted by Gasteiger charge is -2.27. The molecule has 19 nitrogen and oxygen atoms in total. The zero-order valence-electron chi connectivity index (χ0n) is 40.2. The lowest BCUT2D eigenvalue weighted by molar-refractivity contribution is -0.186. The Morgan fingerprint density at radius 3 is 1.43 bits per heavy atom. The van der Waals surface area contributed by atoms with E-state index < -0.39 is 77.8 Å². The average Bonchev–Trinajstić information content (AvgIpc) is 3.30. The van der Waals surface area contributed by atoms with E-state index >= 15 is 0 Å². The predicted molar refractivity (Wildman–Crippen MR) is 255 cm³/mol. The molecule has 0 aliphatic rings. The third-order valence-electron chi connectivity index (χ3n) is 11.2. The number of amides is 6. The maximum absolute atomic E-state index is 13.8. The number of hydrogen-bond acceptors (Lipinski definition) is 13. The SMILES string of the molecule is C=C(NC(C)C(=O)NC(CCCCN)C(=O)NC(C)C(=O)NC(CCCCN)C(=O)NC(CCCCN)C(=O)NC(C)C(=O)OF)C(Cc1ccc(O)cc1)NC(=O)CCCCCCCCC. The minimum atomic E-state index is -1.35. The molecule has 20 heteroatoms. The smallest absolute Gasteiger partial charge is 0.370 e. The molecule has 7 unspecified atom stereocenters. The summed E-state index contributed by atoms with van der Waals surface area (Å²) >= 11 is 0. The Labute approximate surface area is 396 Å². The van der Waals surface area contributed by atoms with Gasteiger partial charge in [0.25, 0.3) is 0 Å². The van der Waals surface area contributed by atoms with Crippen molar-refractivity contribution in [2.75, 3.05) is 19.6 Å². The van der Waals surface area contributed by atoms with Crippen molar-refractivity contribution in [3.8, 4) is 5.75 Å². The van der Waals surface area contributed by atoms with Gasteiger partial charge in [0.05, 0.1) is 6.04 Å². The van der Waals surface area contributed by atoms with Crippen LogP contribution in [0.3, 0.4) is 0 Å². The number of nitrogens with one attached hydrogen (secondary N) is 7. The third kappa shape index (κ3) is 25.4. The topological polar surface area (TPSA) is 311 Å². The number of phenols is 1. The lowest BCUT2D eigenvalue weighted by atomic mass is 10.0. The Morgan fingerprint density at radius 2 is 0.970 bits per heavy atom. The van der Waals surface area contributed by atoms with Crippen molar-refractivity contribution < 1.29 is 48.1 Å². The van der Waals surface area contributed by atoms with Gasteiger partial charge < -0.3 is 59.5 Å². The number of phenolic OH excluding ortho intramolecular Hbond substituents is 1. The number of nitrogens with two attached hydrogens (primary N) is 3. The zero-order chi connectivity index (χ0) is 50.1. The normalized spacial score (nSPS) is 14.1. The standard InChI is InChI=1S/C47H81FN10O9/c1-6-7-8-9-10-11-12-22-41(60)55-40(30-35-23-25-36(59)26-24-35)31(2)52-32(3)42(61)56-37(19-13-16-27-49)44(63)53-33(4)43(62)57-39(21-15-18-29-51)46(65)58-38(20-14-17-28-50)45(64)54-34(5)47(66)67-48/h23-26,32-34,37-40,52,59H,2,6-22,27-30,49-51H2,1,3-5H3,(H,53,63)(H,54,64)(H,55,60)(H,56,61)(H,57,62)(H,58,65). The molecule has 0 aliphatic heterocycles. The molecule has 0 aromatic heterocycles. The minimum absolute atomic E-state index is 0.0952. The molecular weight excluding hydrogens is 868 g/mol. The van der Waals surface area contributed by atoms with Crippen LogP contribution in [-0.2, 0) is 44.9 Å². The summed E-state index contributed by atoms with van der Waals surface area (Å²) < 4.78 is 12.5. The molecule has 0 fully saturated rings. The molecular formula is C47H81FN10O9. The van der Waals surface area contributed by atoms with Gasteiger partial charge in [0.2, 0.25) is 35.4 Å². The summed E-state index contributed by atoms with van der Waals surface area (Å²) in [4.78, 5) is 95.7. The van der Waals surface area contributed by atoms with E-state index in [1.165, 1.54) is 26.7 Å². The number of hydrogen-bond donors (Lipinski definition) is 11. The molecule has 1 aromatic carbocycles. The number of benzene rings is 1. The summed E-state index contributed by atoms with van der Waals surface area (Å²) in [5, 5.41) is 28.9. The van der Waals surface area contributed by atoms with Gasteiger partial charge in [-0.05, 0) is 129 Å². The van der Waals surface area contributed by atoms with Crippen LogP contribution in [0.5, 0.6) is 5.75 Å². The van der Waals surface area contributed by atoms with Crippen molar-refractivity contribution in [3.63, 3.8) is 0 Å². The van der Waals surface area contributed by atoms with Crippen LogP contribution in [0.25, 0.3) is 0 Å².